The maximum atomic E-state index is 12.8. The smallest absolute Gasteiger partial charge is 0.227 e. The lowest BCUT2D eigenvalue weighted by Gasteiger charge is -2.25. The summed E-state index contributed by atoms with van der Waals surface area (Å²) in [4.78, 5) is 23.6. The lowest BCUT2D eigenvalue weighted by molar-refractivity contribution is -0.131. The maximum absolute atomic E-state index is 12.8. The summed E-state index contributed by atoms with van der Waals surface area (Å²) in [5.74, 6) is 2.30. The summed E-state index contributed by atoms with van der Waals surface area (Å²) in [5, 5.41) is 6.98. The molecule has 1 amide bonds. The summed E-state index contributed by atoms with van der Waals surface area (Å²) in [7, 11) is 1.83. The van der Waals surface area contributed by atoms with Gasteiger partial charge in [-0.2, -0.15) is 0 Å². The van der Waals surface area contributed by atoms with E-state index in [1.165, 1.54) is 0 Å². The summed E-state index contributed by atoms with van der Waals surface area (Å²) in [6.45, 7) is 6.34. The molecule has 1 atom stereocenters. The van der Waals surface area contributed by atoms with Gasteiger partial charge in [0, 0.05) is 25.2 Å². The van der Waals surface area contributed by atoms with Gasteiger partial charge in [-0.05, 0) is 33.6 Å². The summed E-state index contributed by atoms with van der Waals surface area (Å²) in [6.07, 6.45) is 2.23. The van der Waals surface area contributed by atoms with E-state index in [2.05, 4.69) is 20.4 Å². The van der Waals surface area contributed by atoms with Crippen LogP contribution in [0.25, 0.3) is 0 Å². The van der Waals surface area contributed by atoms with Gasteiger partial charge in [-0.3, -0.25) is 4.79 Å². The van der Waals surface area contributed by atoms with E-state index in [-0.39, 0.29) is 11.9 Å². The quantitative estimate of drug-likeness (QED) is 0.927. The van der Waals surface area contributed by atoms with E-state index in [1.807, 2.05) is 38.8 Å². The number of carbonyl (C=O) groups is 1. The maximum Gasteiger partial charge on any atom is 0.227 e. The van der Waals surface area contributed by atoms with E-state index in [4.69, 9.17) is 4.52 Å². The van der Waals surface area contributed by atoms with Crippen LogP contribution in [0.5, 0.6) is 0 Å². The zero-order valence-electron chi connectivity index (χ0n) is 14.6. The lowest BCUT2D eigenvalue weighted by atomic mass is 10.1. The number of hydrogen-bond acceptors (Lipinski definition) is 6. The van der Waals surface area contributed by atoms with Crippen molar-refractivity contribution >= 4 is 11.7 Å². The molecular formula is C17H23N5O2. The molecule has 1 aliphatic rings. The van der Waals surface area contributed by atoms with E-state index in [0.717, 1.165) is 42.2 Å². The predicted octanol–water partition coefficient (Wildman–Crippen LogP) is 2.34. The molecule has 7 nitrogen and oxygen atoms in total. The second kappa shape index (κ2) is 6.59. The van der Waals surface area contributed by atoms with Crippen molar-refractivity contribution in [2.24, 2.45) is 0 Å². The summed E-state index contributed by atoms with van der Waals surface area (Å²) in [6, 6.07) is 1.94. The van der Waals surface area contributed by atoms with Crippen LogP contribution in [-0.4, -0.2) is 39.5 Å². The van der Waals surface area contributed by atoms with Gasteiger partial charge in [-0.1, -0.05) is 5.16 Å². The largest absolute Gasteiger partial charge is 0.373 e. The van der Waals surface area contributed by atoms with E-state index < -0.39 is 0 Å². The van der Waals surface area contributed by atoms with Crippen LogP contribution in [0.1, 0.15) is 47.4 Å². The normalized spacial score (nSPS) is 17.3. The van der Waals surface area contributed by atoms with Gasteiger partial charge in [0.05, 0.1) is 23.9 Å². The first-order valence-corrected chi connectivity index (χ1v) is 8.24. The van der Waals surface area contributed by atoms with Gasteiger partial charge in [-0.25, -0.2) is 9.97 Å². The fourth-order valence-electron chi connectivity index (χ4n) is 3.27. The highest BCUT2D eigenvalue weighted by molar-refractivity contribution is 5.80. The molecule has 0 unspecified atom stereocenters. The van der Waals surface area contributed by atoms with Crippen molar-refractivity contribution in [2.75, 3.05) is 18.9 Å². The Kier molecular flexibility index (Phi) is 4.51. The molecule has 1 aliphatic heterocycles. The molecule has 1 saturated heterocycles. The molecular weight excluding hydrogens is 306 g/mol. The molecule has 0 radical (unpaired) electrons. The Morgan fingerprint density at radius 2 is 2.17 bits per heavy atom. The van der Waals surface area contributed by atoms with E-state index in [1.54, 1.807) is 0 Å². The zero-order chi connectivity index (χ0) is 17.3. The number of aromatic nitrogens is 3. The minimum atomic E-state index is 0.00627. The van der Waals surface area contributed by atoms with Gasteiger partial charge < -0.3 is 14.7 Å². The first-order valence-electron chi connectivity index (χ1n) is 8.24. The number of amides is 1. The number of nitrogens with zero attached hydrogens (tertiary/aromatic N) is 4. The summed E-state index contributed by atoms with van der Waals surface area (Å²) in [5.41, 5.74) is 2.57. The van der Waals surface area contributed by atoms with E-state index in [9.17, 15) is 4.79 Å². The summed E-state index contributed by atoms with van der Waals surface area (Å²) >= 11 is 0. The number of anilines is 1. The standard InChI is InChI=1S/C17H23N5O2/c1-10-13(11(2)24-21-10)8-17(23)22-7-5-6-15(22)14-9-16(18-4)20-12(3)19-14/h9,15H,5-8H2,1-4H3,(H,18,19,20)/t15-/m1/s1. The zero-order valence-corrected chi connectivity index (χ0v) is 14.6. The molecule has 0 aromatic carbocycles. The molecule has 2 aromatic heterocycles. The fraction of sp³-hybridized carbons (Fsp3) is 0.529. The molecule has 128 valence electrons. The molecule has 1 N–H and O–H groups in total. The molecule has 0 aliphatic carbocycles. The van der Waals surface area contributed by atoms with Crippen LogP contribution in [0.2, 0.25) is 0 Å². The molecule has 3 rings (SSSR count). The number of carbonyl (C=O) groups excluding carboxylic acids is 1. The van der Waals surface area contributed by atoms with Gasteiger partial charge in [-0.15, -0.1) is 0 Å². The third kappa shape index (κ3) is 3.11. The SMILES string of the molecule is CNc1cc([C@H]2CCCN2C(=O)Cc2c(C)noc2C)nc(C)n1. The Hall–Kier alpha value is -2.44. The number of nitrogens with one attached hydrogen (secondary N) is 1. The fourth-order valence-corrected chi connectivity index (χ4v) is 3.27. The molecule has 24 heavy (non-hydrogen) atoms. The number of likely N-dealkylation sites (tertiary alicyclic amines) is 1. The Morgan fingerprint density at radius 1 is 1.38 bits per heavy atom. The van der Waals surface area contributed by atoms with Gasteiger partial charge in [0.1, 0.15) is 17.4 Å². The van der Waals surface area contributed by atoms with Crippen LogP contribution < -0.4 is 5.32 Å². The van der Waals surface area contributed by atoms with Crippen molar-refractivity contribution in [1.29, 1.82) is 0 Å². The van der Waals surface area contributed by atoms with Crippen LogP contribution in [0.3, 0.4) is 0 Å². The second-order valence-corrected chi connectivity index (χ2v) is 6.20. The van der Waals surface area contributed by atoms with Crippen molar-refractivity contribution in [1.82, 2.24) is 20.0 Å². The Labute approximate surface area is 141 Å². The molecule has 7 heteroatoms. The minimum Gasteiger partial charge on any atom is -0.373 e. The summed E-state index contributed by atoms with van der Waals surface area (Å²) < 4.78 is 5.17. The van der Waals surface area contributed by atoms with E-state index in [0.29, 0.717) is 18.0 Å². The molecule has 0 saturated carbocycles. The Morgan fingerprint density at radius 3 is 2.83 bits per heavy atom. The van der Waals surface area contributed by atoms with Crippen LogP contribution >= 0.6 is 0 Å². The molecule has 2 aromatic rings. The van der Waals surface area contributed by atoms with Gasteiger partial charge in [0.25, 0.3) is 0 Å². The topological polar surface area (TPSA) is 84.2 Å². The van der Waals surface area contributed by atoms with Crippen molar-refractivity contribution in [3.8, 4) is 0 Å². The highest BCUT2D eigenvalue weighted by Gasteiger charge is 2.32. The van der Waals surface area contributed by atoms with Crippen molar-refractivity contribution < 1.29 is 9.32 Å². The average Bonchev–Trinajstić information content (AvgIpc) is 3.16. The van der Waals surface area contributed by atoms with Gasteiger partial charge in [0.15, 0.2) is 0 Å². The molecule has 1 fully saturated rings. The highest BCUT2D eigenvalue weighted by Crippen LogP contribution is 2.32. The van der Waals surface area contributed by atoms with Crippen LogP contribution in [-0.2, 0) is 11.2 Å². The van der Waals surface area contributed by atoms with E-state index >= 15 is 0 Å². The predicted molar refractivity (Wildman–Crippen MR) is 89.7 cm³/mol. The third-order valence-corrected chi connectivity index (χ3v) is 4.54. The van der Waals surface area contributed by atoms with Gasteiger partial charge >= 0.3 is 0 Å². The second-order valence-electron chi connectivity index (χ2n) is 6.20. The highest BCUT2D eigenvalue weighted by atomic mass is 16.5. The van der Waals surface area contributed by atoms with Crippen molar-refractivity contribution in [2.45, 2.75) is 46.1 Å². The minimum absolute atomic E-state index is 0.00627. The first kappa shape index (κ1) is 16.4. The average molecular weight is 329 g/mol. The number of aryl methyl sites for hydroxylation is 3. The third-order valence-electron chi connectivity index (χ3n) is 4.54. The molecule has 0 bridgehead atoms. The van der Waals surface area contributed by atoms with Crippen LogP contribution in [0.4, 0.5) is 5.82 Å². The van der Waals surface area contributed by atoms with Gasteiger partial charge in [0.2, 0.25) is 5.91 Å². The number of hydrogen-bond donors (Lipinski definition) is 1. The van der Waals surface area contributed by atoms with Crippen molar-refractivity contribution in [3.05, 3.63) is 34.6 Å². The Balaban J connectivity index is 1.83. The number of rotatable bonds is 4. The first-order chi connectivity index (χ1) is 11.5. The Bertz CT molecular complexity index is 736. The van der Waals surface area contributed by atoms with Crippen molar-refractivity contribution in [3.63, 3.8) is 0 Å². The van der Waals surface area contributed by atoms with Crippen LogP contribution in [0, 0.1) is 20.8 Å². The molecule has 3 heterocycles. The lowest BCUT2D eigenvalue weighted by Crippen LogP contribution is -2.32. The monoisotopic (exact) mass is 329 g/mol. The molecule has 0 spiro atoms. The van der Waals surface area contributed by atoms with Crippen LogP contribution in [0.15, 0.2) is 10.6 Å².